The van der Waals surface area contributed by atoms with Crippen LogP contribution in [0.25, 0.3) is 0 Å². The van der Waals surface area contributed by atoms with Crippen molar-refractivity contribution < 1.29 is 38.2 Å². The van der Waals surface area contributed by atoms with E-state index < -0.39 is 47.7 Å². The minimum absolute atomic E-state index is 0.0678. The van der Waals surface area contributed by atoms with Crippen molar-refractivity contribution in [2.24, 2.45) is 5.41 Å². The maximum Gasteiger partial charge on any atom is 0.410 e. The lowest BCUT2D eigenvalue weighted by atomic mass is 9.97. The summed E-state index contributed by atoms with van der Waals surface area (Å²) >= 11 is 0. The summed E-state index contributed by atoms with van der Waals surface area (Å²) in [6, 6.07) is -1.14. The first-order valence-corrected chi connectivity index (χ1v) is 8.48. The second-order valence-electron chi connectivity index (χ2n) is 7.07. The van der Waals surface area contributed by atoms with E-state index in [1.807, 2.05) is 0 Å². The van der Waals surface area contributed by atoms with Gasteiger partial charge in [-0.1, -0.05) is 0 Å². The standard InChI is InChI=1S/C17H27N3O7/c1-10(2)25-14(22)13(8-7-12(21)9-19-18)20-16(24)27-11(3)26-15(23)17(4,5)6/h9-11,13,18H,7-8H2,1-6H3/p+1/t11-,13+/m1/s1. The predicted molar refractivity (Wildman–Crippen MR) is 92.9 cm³/mol. The van der Waals surface area contributed by atoms with Crippen molar-refractivity contribution in [3.63, 3.8) is 0 Å². The molecule has 152 valence electrons. The van der Waals surface area contributed by atoms with E-state index in [-0.39, 0.29) is 12.8 Å². The zero-order valence-corrected chi connectivity index (χ0v) is 16.5. The summed E-state index contributed by atoms with van der Waals surface area (Å²) in [6.45, 7) is 9.59. The van der Waals surface area contributed by atoms with E-state index in [4.69, 9.17) is 19.7 Å². The van der Waals surface area contributed by atoms with Crippen LogP contribution in [0.4, 0.5) is 4.79 Å². The van der Waals surface area contributed by atoms with E-state index in [1.54, 1.807) is 34.6 Å². The van der Waals surface area contributed by atoms with Crippen LogP contribution in [0.15, 0.2) is 0 Å². The van der Waals surface area contributed by atoms with Gasteiger partial charge < -0.3 is 19.5 Å². The molecule has 0 radical (unpaired) electrons. The highest BCUT2D eigenvalue weighted by atomic mass is 16.7. The zero-order valence-electron chi connectivity index (χ0n) is 16.5. The molecule has 10 heteroatoms. The molecule has 0 aromatic rings. The van der Waals surface area contributed by atoms with Crippen molar-refractivity contribution >= 4 is 30.0 Å². The second kappa shape index (κ2) is 11.1. The van der Waals surface area contributed by atoms with Crippen molar-refractivity contribution in [3.8, 4) is 0 Å². The molecule has 0 aliphatic heterocycles. The lowest BCUT2D eigenvalue weighted by molar-refractivity contribution is -0.174. The van der Waals surface area contributed by atoms with Crippen LogP contribution in [0.5, 0.6) is 0 Å². The fourth-order valence-corrected chi connectivity index (χ4v) is 1.67. The average Bonchev–Trinajstić information content (AvgIpc) is 2.49. The molecule has 10 nitrogen and oxygen atoms in total. The Hall–Kier alpha value is -2.74. The maximum atomic E-state index is 12.1. The van der Waals surface area contributed by atoms with Gasteiger partial charge in [0, 0.05) is 13.3 Å². The van der Waals surface area contributed by atoms with Crippen molar-refractivity contribution in [1.82, 2.24) is 5.32 Å². The number of nitrogens with zero attached hydrogens (tertiary/aromatic N) is 1. The summed E-state index contributed by atoms with van der Waals surface area (Å²) in [4.78, 5) is 50.2. The molecule has 0 spiro atoms. The van der Waals surface area contributed by atoms with E-state index in [0.29, 0.717) is 0 Å². The Morgan fingerprint density at radius 2 is 1.67 bits per heavy atom. The molecule has 27 heavy (non-hydrogen) atoms. The number of esters is 2. The highest BCUT2D eigenvalue weighted by Gasteiger charge is 2.28. The van der Waals surface area contributed by atoms with Gasteiger partial charge in [-0.05, 0) is 41.0 Å². The van der Waals surface area contributed by atoms with Gasteiger partial charge in [-0.3, -0.25) is 9.59 Å². The fraction of sp³-hybridized carbons (Fsp3) is 0.706. The van der Waals surface area contributed by atoms with Gasteiger partial charge in [-0.2, -0.15) is 0 Å². The minimum atomic E-state index is -1.17. The highest BCUT2D eigenvalue weighted by Crippen LogP contribution is 2.16. The van der Waals surface area contributed by atoms with Crippen LogP contribution in [0.2, 0.25) is 0 Å². The third-order valence-corrected chi connectivity index (χ3v) is 2.97. The lowest BCUT2D eigenvalue weighted by Crippen LogP contribution is -2.44. The largest absolute Gasteiger partial charge is 0.461 e. The summed E-state index contributed by atoms with van der Waals surface area (Å²) < 4.78 is 14.9. The molecule has 0 saturated heterocycles. The summed E-state index contributed by atoms with van der Waals surface area (Å²) in [5.41, 5.74) is 5.84. The van der Waals surface area contributed by atoms with Crippen molar-refractivity contribution in [2.75, 3.05) is 0 Å². The number of nitrogens with one attached hydrogen (secondary N) is 2. The summed E-state index contributed by atoms with van der Waals surface area (Å²) in [7, 11) is 0. The van der Waals surface area contributed by atoms with Crippen LogP contribution in [-0.2, 0) is 28.6 Å². The van der Waals surface area contributed by atoms with Gasteiger partial charge in [0.25, 0.3) is 0 Å². The molecule has 0 fully saturated rings. The smallest absolute Gasteiger partial charge is 0.410 e. The fourth-order valence-electron chi connectivity index (χ4n) is 1.67. The Morgan fingerprint density at radius 3 is 2.15 bits per heavy atom. The molecule has 0 aromatic carbocycles. The van der Waals surface area contributed by atoms with Crippen LogP contribution >= 0.6 is 0 Å². The van der Waals surface area contributed by atoms with Gasteiger partial charge in [-0.15, -0.1) is 0 Å². The molecule has 0 aliphatic rings. The number of rotatable bonds is 9. The monoisotopic (exact) mass is 386 g/mol. The third-order valence-electron chi connectivity index (χ3n) is 2.97. The Balaban J connectivity index is 4.85. The van der Waals surface area contributed by atoms with Gasteiger partial charge in [0.1, 0.15) is 6.04 Å². The average molecular weight is 386 g/mol. The molecule has 0 unspecified atom stereocenters. The quantitative estimate of drug-likeness (QED) is 0.201. The van der Waals surface area contributed by atoms with Gasteiger partial charge >= 0.3 is 24.2 Å². The molecule has 0 aliphatic carbocycles. The SMILES string of the molecule is CC(C)OC(=O)[C@H](CCC(=O)C=[N+]=N)NC(=O)O[C@H](C)OC(=O)C(C)(C)C. The molecule has 0 saturated carbocycles. The number of hydrogen-bond donors (Lipinski definition) is 2. The molecular weight excluding hydrogens is 358 g/mol. The van der Waals surface area contributed by atoms with Crippen molar-refractivity contribution in [2.45, 2.75) is 72.8 Å². The molecule has 1 amide bonds. The van der Waals surface area contributed by atoms with Crippen LogP contribution < -0.4 is 5.32 Å². The lowest BCUT2D eigenvalue weighted by Gasteiger charge is -2.22. The Labute approximate surface area is 158 Å². The highest BCUT2D eigenvalue weighted by molar-refractivity contribution is 6.25. The number of amides is 1. The van der Waals surface area contributed by atoms with Crippen LogP contribution in [0, 0.1) is 10.9 Å². The molecule has 0 bridgehead atoms. The number of carbonyl (C=O) groups is 4. The number of carbonyl (C=O) groups excluding carboxylic acids is 4. The normalized spacial score (nSPS) is 13.0. The number of Topliss-reactive ketones (excluding diaryl/α,β-unsaturated/α-hetero) is 1. The van der Waals surface area contributed by atoms with Crippen molar-refractivity contribution in [3.05, 3.63) is 0 Å². The van der Waals surface area contributed by atoms with E-state index >= 15 is 0 Å². The summed E-state index contributed by atoms with van der Waals surface area (Å²) in [5, 5.41) is 2.29. The van der Waals surface area contributed by atoms with E-state index in [9.17, 15) is 19.2 Å². The van der Waals surface area contributed by atoms with Crippen LogP contribution in [0.1, 0.15) is 54.4 Å². The summed E-state index contributed by atoms with van der Waals surface area (Å²) in [5.74, 6) is -1.77. The Kier molecular flexibility index (Phi) is 9.95. The van der Waals surface area contributed by atoms with Crippen LogP contribution in [0.3, 0.4) is 0 Å². The summed E-state index contributed by atoms with van der Waals surface area (Å²) in [6.07, 6.45) is -1.99. The molecule has 0 heterocycles. The zero-order chi connectivity index (χ0) is 21.2. The van der Waals surface area contributed by atoms with Gasteiger partial charge in [0.15, 0.2) is 0 Å². The van der Waals surface area contributed by atoms with E-state index in [0.717, 1.165) is 6.21 Å². The molecule has 0 rings (SSSR count). The Bertz CT molecular complexity index is 604. The molecular formula is C17H28N3O7+. The number of hydrogen-bond acceptors (Lipinski definition) is 8. The second-order valence-corrected chi connectivity index (χ2v) is 7.07. The molecule has 2 N–H and O–H groups in total. The first kappa shape index (κ1) is 24.3. The first-order chi connectivity index (χ1) is 12.4. The third kappa shape index (κ3) is 10.8. The van der Waals surface area contributed by atoms with Crippen molar-refractivity contribution in [1.29, 1.82) is 5.53 Å². The first-order valence-electron chi connectivity index (χ1n) is 8.48. The van der Waals surface area contributed by atoms with E-state index in [2.05, 4.69) is 10.1 Å². The minimum Gasteiger partial charge on any atom is -0.461 e. The van der Waals surface area contributed by atoms with Crippen LogP contribution in [-0.4, -0.2) is 53.3 Å². The predicted octanol–water partition coefficient (Wildman–Crippen LogP) is 1.63. The van der Waals surface area contributed by atoms with Gasteiger partial charge in [0.2, 0.25) is 12.1 Å². The number of alkyl carbamates (subject to hydrolysis) is 1. The number of ether oxygens (including phenoxy) is 3. The topological polar surface area (TPSA) is 146 Å². The maximum absolute atomic E-state index is 12.1. The molecule has 2 atom stereocenters. The molecule has 0 aromatic heterocycles. The van der Waals surface area contributed by atoms with E-state index in [1.165, 1.54) is 6.92 Å². The van der Waals surface area contributed by atoms with Gasteiger partial charge in [0.05, 0.1) is 21.8 Å². The Morgan fingerprint density at radius 1 is 1.07 bits per heavy atom. The van der Waals surface area contributed by atoms with Gasteiger partial charge in [-0.25, -0.2) is 9.59 Å². The number of ketones is 1.